The summed E-state index contributed by atoms with van der Waals surface area (Å²) in [5.41, 5.74) is 2.51. The number of nitrogens with zero attached hydrogens (tertiary/aromatic N) is 3. The largest absolute Gasteiger partial charge is 0.508 e. The molecule has 0 aliphatic carbocycles. The van der Waals surface area contributed by atoms with Crippen LogP contribution in [-0.2, 0) is 4.79 Å². The lowest BCUT2D eigenvalue weighted by Crippen LogP contribution is -2.31. The van der Waals surface area contributed by atoms with Gasteiger partial charge in [0.15, 0.2) is 5.82 Å². The number of rotatable bonds is 5. The van der Waals surface area contributed by atoms with E-state index < -0.39 is 6.04 Å². The molecule has 0 saturated carbocycles. The van der Waals surface area contributed by atoms with Crippen LogP contribution < -0.4 is 15.4 Å². The molecule has 0 spiro atoms. The molecule has 3 heterocycles. The molecule has 9 heteroatoms. The van der Waals surface area contributed by atoms with E-state index in [1.54, 1.807) is 59.5 Å². The second-order valence-electron chi connectivity index (χ2n) is 7.49. The number of hydrogen-bond donors (Lipinski definition) is 3. The van der Waals surface area contributed by atoms with Crippen molar-refractivity contribution in [1.29, 1.82) is 0 Å². The number of carbonyl (C=O) groups excluding carboxylic acids is 1. The zero-order valence-electron chi connectivity index (χ0n) is 17.9. The standard InChI is InChI=1S/C24H21N5O3S/c1-14-20(23(31)26-17-6-3-4-7-18(17)32-2)21(15-9-11-16(30)12-10-15)29-24(25-14)27-22(28-29)19-8-5-13-33-19/h3-13,21,30H,1-2H3,(H,26,31)(H,25,27,28). The second-order valence-corrected chi connectivity index (χ2v) is 8.44. The fourth-order valence-corrected chi connectivity index (χ4v) is 4.51. The molecule has 1 amide bonds. The SMILES string of the molecule is COc1ccccc1NC(=O)C1=C(C)Nc2nc(-c3cccs3)nn2C1c1ccc(O)cc1. The van der Waals surface area contributed by atoms with E-state index in [9.17, 15) is 9.90 Å². The normalized spacial score (nSPS) is 15.0. The molecule has 2 aromatic heterocycles. The Morgan fingerprint density at radius 1 is 1.15 bits per heavy atom. The Morgan fingerprint density at radius 3 is 2.67 bits per heavy atom. The number of fused-ring (bicyclic) bond motifs is 1. The number of hydrogen-bond acceptors (Lipinski definition) is 7. The Labute approximate surface area is 194 Å². The van der Waals surface area contributed by atoms with E-state index in [2.05, 4.69) is 15.6 Å². The zero-order chi connectivity index (χ0) is 22.9. The summed E-state index contributed by atoms with van der Waals surface area (Å²) >= 11 is 1.55. The van der Waals surface area contributed by atoms with Gasteiger partial charge in [-0.3, -0.25) is 4.79 Å². The van der Waals surface area contributed by atoms with Crippen molar-refractivity contribution >= 4 is 28.9 Å². The average Bonchev–Trinajstić information content (AvgIpc) is 3.49. The quantitative estimate of drug-likeness (QED) is 0.402. The number of ether oxygens (including phenoxy) is 1. The van der Waals surface area contributed by atoms with Gasteiger partial charge in [-0.2, -0.15) is 4.98 Å². The minimum Gasteiger partial charge on any atom is -0.508 e. The Balaban J connectivity index is 1.60. The van der Waals surface area contributed by atoms with Gasteiger partial charge < -0.3 is 20.5 Å². The molecule has 1 unspecified atom stereocenters. The monoisotopic (exact) mass is 459 g/mol. The number of phenols is 1. The average molecular weight is 460 g/mol. The molecule has 33 heavy (non-hydrogen) atoms. The number of amides is 1. The lowest BCUT2D eigenvalue weighted by Gasteiger charge is -2.28. The number of anilines is 2. The summed E-state index contributed by atoms with van der Waals surface area (Å²) in [5, 5.41) is 22.7. The van der Waals surface area contributed by atoms with E-state index in [4.69, 9.17) is 9.84 Å². The van der Waals surface area contributed by atoms with Gasteiger partial charge in [0, 0.05) is 5.70 Å². The third-order valence-corrected chi connectivity index (χ3v) is 6.27. The fraction of sp³-hybridized carbons (Fsp3) is 0.125. The van der Waals surface area contributed by atoms with Crippen molar-refractivity contribution < 1.29 is 14.6 Å². The van der Waals surface area contributed by atoms with Gasteiger partial charge in [0.2, 0.25) is 5.95 Å². The van der Waals surface area contributed by atoms with Crippen molar-refractivity contribution in [2.24, 2.45) is 0 Å². The van der Waals surface area contributed by atoms with Crippen LogP contribution in [-0.4, -0.2) is 32.9 Å². The van der Waals surface area contributed by atoms with E-state index in [-0.39, 0.29) is 11.7 Å². The molecule has 0 radical (unpaired) electrons. The number of benzene rings is 2. The molecule has 1 atom stereocenters. The van der Waals surface area contributed by atoms with E-state index >= 15 is 0 Å². The van der Waals surface area contributed by atoms with Crippen LogP contribution in [0.2, 0.25) is 0 Å². The Bertz CT molecular complexity index is 1340. The van der Waals surface area contributed by atoms with Gasteiger partial charge in [-0.15, -0.1) is 16.4 Å². The minimum absolute atomic E-state index is 0.145. The van der Waals surface area contributed by atoms with Gasteiger partial charge in [-0.1, -0.05) is 30.3 Å². The first kappa shape index (κ1) is 20.8. The molecule has 166 valence electrons. The molecule has 1 aliphatic rings. The highest BCUT2D eigenvalue weighted by atomic mass is 32.1. The number of methoxy groups -OCH3 is 1. The van der Waals surface area contributed by atoms with Crippen LogP contribution in [0, 0.1) is 0 Å². The van der Waals surface area contributed by atoms with Gasteiger partial charge in [0.1, 0.15) is 17.5 Å². The molecule has 0 fully saturated rings. The van der Waals surface area contributed by atoms with Crippen LogP contribution in [0.25, 0.3) is 10.7 Å². The van der Waals surface area contributed by atoms with E-state index in [0.717, 1.165) is 10.4 Å². The number of para-hydroxylation sites is 2. The highest BCUT2D eigenvalue weighted by Crippen LogP contribution is 2.38. The smallest absolute Gasteiger partial charge is 0.255 e. The number of nitrogens with one attached hydrogen (secondary N) is 2. The van der Waals surface area contributed by atoms with Crippen LogP contribution in [0.1, 0.15) is 18.5 Å². The summed E-state index contributed by atoms with van der Waals surface area (Å²) in [6.07, 6.45) is 0. The topological polar surface area (TPSA) is 101 Å². The molecular formula is C24H21N5O3S. The summed E-state index contributed by atoms with van der Waals surface area (Å²) < 4.78 is 7.10. The highest BCUT2D eigenvalue weighted by Gasteiger charge is 2.34. The van der Waals surface area contributed by atoms with Crippen LogP contribution >= 0.6 is 11.3 Å². The van der Waals surface area contributed by atoms with Crippen LogP contribution in [0.4, 0.5) is 11.6 Å². The lowest BCUT2D eigenvalue weighted by atomic mass is 9.95. The third-order valence-electron chi connectivity index (χ3n) is 5.40. The molecule has 8 nitrogen and oxygen atoms in total. The first-order valence-corrected chi connectivity index (χ1v) is 11.1. The van der Waals surface area contributed by atoms with Crippen molar-refractivity contribution in [1.82, 2.24) is 14.8 Å². The summed E-state index contributed by atoms with van der Waals surface area (Å²) in [6.45, 7) is 1.84. The molecule has 0 saturated heterocycles. The van der Waals surface area contributed by atoms with Gasteiger partial charge in [0.25, 0.3) is 5.91 Å². The molecule has 4 aromatic rings. The molecule has 1 aliphatic heterocycles. The number of aromatic nitrogens is 3. The summed E-state index contributed by atoms with van der Waals surface area (Å²) in [5.74, 6) is 1.54. The number of phenolic OH excluding ortho intramolecular Hbond substituents is 1. The van der Waals surface area contributed by atoms with E-state index in [1.165, 1.54) is 0 Å². The van der Waals surface area contributed by atoms with E-state index in [0.29, 0.717) is 34.5 Å². The molecular weight excluding hydrogens is 438 g/mol. The Hall–Kier alpha value is -4.11. The fourth-order valence-electron chi connectivity index (χ4n) is 3.86. The molecule has 3 N–H and O–H groups in total. The van der Waals surface area contributed by atoms with Gasteiger partial charge >= 0.3 is 0 Å². The summed E-state index contributed by atoms with van der Waals surface area (Å²) in [4.78, 5) is 19.2. The Kier molecular flexibility index (Phi) is 5.31. The van der Waals surface area contributed by atoms with Gasteiger partial charge in [-0.05, 0) is 48.2 Å². The van der Waals surface area contributed by atoms with Crippen molar-refractivity contribution in [2.75, 3.05) is 17.7 Å². The first-order chi connectivity index (χ1) is 16.0. The zero-order valence-corrected chi connectivity index (χ0v) is 18.8. The number of thiophene rings is 1. The van der Waals surface area contributed by atoms with Gasteiger partial charge in [0.05, 0.1) is 23.2 Å². The first-order valence-electron chi connectivity index (χ1n) is 10.3. The third kappa shape index (κ3) is 3.83. The lowest BCUT2D eigenvalue weighted by molar-refractivity contribution is -0.113. The summed E-state index contributed by atoms with van der Waals surface area (Å²) in [7, 11) is 1.56. The van der Waals surface area contributed by atoms with Crippen LogP contribution in [0.5, 0.6) is 11.5 Å². The number of allylic oxidation sites excluding steroid dienone is 1. The van der Waals surface area contributed by atoms with E-state index in [1.807, 2.05) is 36.6 Å². The number of aromatic hydroxyl groups is 1. The Morgan fingerprint density at radius 2 is 1.94 bits per heavy atom. The van der Waals surface area contributed by atoms with Crippen molar-refractivity contribution in [2.45, 2.75) is 13.0 Å². The molecule has 0 bridgehead atoms. The van der Waals surface area contributed by atoms with Crippen molar-refractivity contribution in [3.63, 3.8) is 0 Å². The number of carbonyl (C=O) groups is 1. The van der Waals surface area contributed by atoms with Crippen molar-refractivity contribution in [3.8, 4) is 22.2 Å². The second kappa shape index (κ2) is 8.44. The molecule has 2 aromatic carbocycles. The van der Waals surface area contributed by atoms with Crippen LogP contribution in [0.15, 0.2) is 77.3 Å². The highest BCUT2D eigenvalue weighted by molar-refractivity contribution is 7.13. The van der Waals surface area contributed by atoms with Gasteiger partial charge in [-0.25, -0.2) is 4.68 Å². The van der Waals surface area contributed by atoms with Crippen LogP contribution in [0.3, 0.4) is 0 Å². The maximum atomic E-state index is 13.6. The van der Waals surface area contributed by atoms with Crippen molar-refractivity contribution in [3.05, 3.63) is 82.9 Å². The predicted octanol–water partition coefficient (Wildman–Crippen LogP) is 4.65. The predicted molar refractivity (Wildman–Crippen MR) is 128 cm³/mol. The molecule has 5 rings (SSSR count). The summed E-state index contributed by atoms with van der Waals surface area (Å²) in [6, 6.07) is 17.4. The minimum atomic E-state index is -0.544. The maximum absolute atomic E-state index is 13.6. The maximum Gasteiger partial charge on any atom is 0.255 e.